The zero-order chi connectivity index (χ0) is 33.0. The van der Waals surface area contributed by atoms with Crippen molar-refractivity contribution in [3.63, 3.8) is 0 Å². The van der Waals surface area contributed by atoms with E-state index in [-0.39, 0.29) is 5.41 Å². The van der Waals surface area contributed by atoms with Gasteiger partial charge in [0, 0.05) is 38.8 Å². The van der Waals surface area contributed by atoms with Crippen molar-refractivity contribution in [2.75, 3.05) is 4.90 Å². The maximum absolute atomic E-state index is 4.77. The quantitative estimate of drug-likeness (QED) is 0.181. The third kappa shape index (κ3) is 4.73. The average molecular weight is 628 g/mol. The van der Waals surface area contributed by atoms with Crippen LogP contribution in [0, 0.1) is 11.8 Å². The molecule has 9 rings (SSSR count). The maximum Gasteiger partial charge on any atom is 0.113 e. The first-order valence-corrected chi connectivity index (χ1v) is 16.7. The van der Waals surface area contributed by atoms with Gasteiger partial charge in [-0.2, -0.15) is 0 Å². The predicted octanol–water partition coefficient (Wildman–Crippen LogP) is 11.4. The van der Waals surface area contributed by atoms with Gasteiger partial charge in [-0.25, -0.2) is 4.98 Å². The minimum Gasteiger partial charge on any atom is -0.309 e. The Hall–Kier alpha value is -6.37. The van der Waals surface area contributed by atoms with Gasteiger partial charge in [-0.1, -0.05) is 111 Å². The lowest BCUT2D eigenvalue weighted by Crippen LogP contribution is -2.16. The summed E-state index contributed by atoms with van der Waals surface area (Å²) in [5, 5.41) is 2.56. The Morgan fingerprint density at radius 3 is 1.92 bits per heavy atom. The highest BCUT2D eigenvalue weighted by Crippen LogP contribution is 2.53. The van der Waals surface area contributed by atoms with Gasteiger partial charge >= 0.3 is 0 Å². The molecule has 0 aliphatic heterocycles. The molecular weight excluding hydrogens is 595 g/mol. The molecule has 8 aromatic rings. The zero-order valence-corrected chi connectivity index (χ0v) is 27.4. The van der Waals surface area contributed by atoms with E-state index < -0.39 is 0 Å². The number of aromatic nitrogens is 2. The summed E-state index contributed by atoms with van der Waals surface area (Å²) in [5.74, 6) is 6.77. The standard InChI is InChI=1S/C46H33N3/c1-46(2)42-30-32(22-24-33-25-26-37(31-47-33)48(34-14-6-3-7-15-34)35-16-8-4-9-17-35)23-27-38(42)40-28-29-41-39-20-12-13-21-43(39)49(45(41)44(40)46)36-18-10-5-11-19-36/h3-21,23,25-31H,1-2H3. The molecule has 0 saturated carbocycles. The molecule has 0 atom stereocenters. The van der Waals surface area contributed by atoms with Crippen LogP contribution in [0.15, 0.2) is 164 Å². The summed E-state index contributed by atoms with van der Waals surface area (Å²) in [6, 6.07) is 55.6. The molecule has 3 heteroatoms. The lowest BCUT2D eigenvalue weighted by atomic mass is 9.81. The van der Waals surface area contributed by atoms with Gasteiger partial charge in [-0.3, -0.25) is 0 Å². The minimum absolute atomic E-state index is 0.221. The van der Waals surface area contributed by atoms with Crippen molar-refractivity contribution in [1.82, 2.24) is 9.55 Å². The molecule has 1 aliphatic carbocycles. The molecule has 0 amide bonds. The highest BCUT2D eigenvalue weighted by molar-refractivity contribution is 6.13. The second-order valence-electron chi connectivity index (χ2n) is 13.1. The molecule has 0 unspecified atom stereocenters. The molecule has 0 spiro atoms. The first-order valence-electron chi connectivity index (χ1n) is 16.7. The number of anilines is 3. The Balaban J connectivity index is 1.09. The third-order valence-electron chi connectivity index (χ3n) is 9.83. The Morgan fingerprint density at radius 1 is 0.571 bits per heavy atom. The number of para-hydroxylation sites is 4. The molecule has 2 heterocycles. The summed E-state index contributed by atoms with van der Waals surface area (Å²) in [7, 11) is 0. The normalized spacial score (nSPS) is 12.7. The molecule has 0 bridgehead atoms. The van der Waals surface area contributed by atoms with Gasteiger partial charge in [0.15, 0.2) is 0 Å². The van der Waals surface area contributed by atoms with Gasteiger partial charge in [0.05, 0.1) is 22.9 Å². The van der Waals surface area contributed by atoms with Crippen LogP contribution in [0.2, 0.25) is 0 Å². The molecule has 232 valence electrons. The molecule has 1 aliphatic rings. The fraction of sp³-hybridized carbons (Fsp3) is 0.0652. The van der Waals surface area contributed by atoms with Gasteiger partial charge < -0.3 is 9.47 Å². The smallest absolute Gasteiger partial charge is 0.113 e. The fourth-order valence-electron chi connectivity index (χ4n) is 7.60. The van der Waals surface area contributed by atoms with E-state index in [2.05, 4.69) is 175 Å². The summed E-state index contributed by atoms with van der Waals surface area (Å²) >= 11 is 0. The van der Waals surface area contributed by atoms with Crippen LogP contribution in [0.25, 0.3) is 38.6 Å². The lowest BCUT2D eigenvalue weighted by molar-refractivity contribution is 0.663. The van der Waals surface area contributed by atoms with Crippen LogP contribution < -0.4 is 4.90 Å². The SMILES string of the molecule is CC1(C)c2cc(C#Cc3ccc(N(c4ccccc4)c4ccccc4)cn3)ccc2-c2ccc3c4ccccc4n(-c4ccccc4)c3c21. The van der Waals surface area contributed by atoms with Crippen LogP contribution >= 0.6 is 0 Å². The Kier molecular flexibility index (Phi) is 6.71. The van der Waals surface area contributed by atoms with Crippen molar-refractivity contribution < 1.29 is 0 Å². The van der Waals surface area contributed by atoms with Crippen molar-refractivity contribution in [1.29, 1.82) is 0 Å². The van der Waals surface area contributed by atoms with Crippen molar-refractivity contribution in [3.8, 4) is 28.7 Å². The molecule has 0 N–H and O–H groups in total. The first-order chi connectivity index (χ1) is 24.1. The summed E-state index contributed by atoms with van der Waals surface area (Å²) in [6.45, 7) is 4.71. The number of fused-ring (bicyclic) bond motifs is 7. The predicted molar refractivity (Wildman–Crippen MR) is 203 cm³/mol. The van der Waals surface area contributed by atoms with Crippen molar-refractivity contribution >= 4 is 38.9 Å². The molecule has 0 saturated heterocycles. The highest BCUT2D eigenvalue weighted by Gasteiger charge is 2.38. The maximum atomic E-state index is 4.77. The highest BCUT2D eigenvalue weighted by atomic mass is 15.1. The topological polar surface area (TPSA) is 21.1 Å². The van der Waals surface area contributed by atoms with Gasteiger partial charge in [0.1, 0.15) is 5.69 Å². The van der Waals surface area contributed by atoms with E-state index >= 15 is 0 Å². The average Bonchev–Trinajstić information content (AvgIpc) is 3.61. The van der Waals surface area contributed by atoms with Crippen LogP contribution in [-0.4, -0.2) is 9.55 Å². The van der Waals surface area contributed by atoms with E-state index in [4.69, 9.17) is 4.98 Å². The van der Waals surface area contributed by atoms with E-state index in [0.29, 0.717) is 0 Å². The van der Waals surface area contributed by atoms with E-state index in [0.717, 1.165) is 28.3 Å². The number of benzene rings is 6. The molecular formula is C46H33N3. The number of pyridine rings is 1. The van der Waals surface area contributed by atoms with E-state index in [1.54, 1.807) is 0 Å². The largest absolute Gasteiger partial charge is 0.309 e. The third-order valence-corrected chi connectivity index (χ3v) is 9.83. The van der Waals surface area contributed by atoms with Crippen LogP contribution in [0.5, 0.6) is 0 Å². The zero-order valence-electron chi connectivity index (χ0n) is 27.4. The van der Waals surface area contributed by atoms with Gasteiger partial charge in [0.2, 0.25) is 0 Å². The van der Waals surface area contributed by atoms with Crippen LogP contribution in [0.4, 0.5) is 17.1 Å². The Labute approximate surface area is 286 Å². The second-order valence-corrected chi connectivity index (χ2v) is 13.1. The monoisotopic (exact) mass is 627 g/mol. The molecule has 6 aromatic carbocycles. The first kappa shape index (κ1) is 28.8. The van der Waals surface area contributed by atoms with Crippen molar-refractivity contribution in [2.45, 2.75) is 19.3 Å². The van der Waals surface area contributed by atoms with E-state index in [1.165, 1.54) is 49.7 Å². The van der Waals surface area contributed by atoms with Gasteiger partial charge in [-0.05, 0) is 94.9 Å². The minimum atomic E-state index is -0.221. The summed E-state index contributed by atoms with van der Waals surface area (Å²) in [6.07, 6.45) is 1.91. The van der Waals surface area contributed by atoms with E-state index in [9.17, 15) is 0 Å². The van der Waals surface area contributed by atoms with Crippen LogP contribution in [-0.2, 0) is 5.41 Å². The number of nitrogens with zero attached hydrogens (tertiary/aromatic N) is 3. The Bertz CT molecular complexity index is 2510. The van der Waals surface area contributed by atoms with Crippen molar-refractivity contribution in [2.24, 2.45) is 0 Å². The van der Waals surface area contributed by atoms with Crippen LogP contribution in [0.3, 0.4) is 0 Å². The number of rotatable bonds is 4. The molecule has 2 aromatic heterocycles. The van der Waals surface area contributed by atoms with Crippen molar-refractivity contribution in [3.05, 3.63) is 186 Å². The summed E-state index contributed by atoms with van der Waals surface area (Å²) in [4.78, 5) is 6.98. The Morgan fingerprint density at radius 2 is 1.22 bits per heavy atom. The molecule has 49 heavy (non-hydrogen) atoms. The fourth-order valence-corrected chi connectivity index (χ4v) is 7.60. The van der Waals surface area contributed by atoms with Crippen LogP contribution in [0.1, 0.15) is 36.2 Å². The number of hydrogen-bond donors (Lipinski definition) is 0. The molecule has 0 fully saturated rings. The summed E-state index contributed by atoms with van der Waals surface area (Å²) < 4.78 is 2.45. The van der Waals surface area contributed by atoms with Gasteiger partial charge in [0.25, 0.3) is 0 Å². The second kappa shape index (κ2) is 11.4. The molecule has 0 radical (unpaired) electrons. The van der Waals surface area contributed by atoms with E-state index in [1.807, 2.05) is 24.4 Å². The lowest BCUT2D eigenvalue weighted by Gasteiger charge is -2.24. The number of hydrogen-bond acceptors (Lipinski definition) is 2. The van der Waals surface area contributed by atoms with Gasteiger partial charge in [-0.15, -0.1) is 0 Å². The molecule has 3 nitrogen and oxygen atoms in total. The summed E-state index contributed by atoms with van der Waals surface area (Å²) in [5.41, 5.74) is 13.6.